The number of anilines is 2. The van der Waals surface area contributed by atoms with Gasteiger partial charge < -0.3 is 5.32 Å². The van der Waals surface area contributed by atoms with E-state index in [-0.39, 0.29) is 0 Å². The summed E-state index contributed by atoms with van der Waals surface area (Å²) < 4.78 is 0. The molecule has 0 atom stereocenters. The number of nitrogens with zero attached hydrogens (tertiary/aromatic N) is 1. The van der Waals surface area contributed by atoms with Crippen LogP contribution in [0.2, 0.25) is 0 Å². The van der Waals surface area contributed by atoms with Crippen molar-refractivity contribution in [3.05, 3.63) is 65.9 Å². The van der Waals surface area contributed by atoms with E-state index in [0.717, 1.165) is 28.7 Å². The van der Waals surface area contributed by atoms with Gasteiger partial charge in [-0.2, -0.15) is 0 Å². The largest absolute Gasteiger partial charge is 0.356 e. The third-order valence-electron chi connectivity index (χ3n) is 3.70. The molecular weight excluding hydrogens is 290 g/mol. The lowest BCUT2D eigenvalue weighted by molar-refractivity contribution is 0.0706. The summed E-state index contributed by atoms with van der Waals surface area (Å²) in [5.74, 6) is -0.576. The number of aromatic nitrogens is 1. The average Bonchev–Trinajstić information content (AvgIpc) is 2.61. The normalized spacial score (nSPS) is 10.5. The van der Waals surface area contributed by atoms with Crippen molar-refractivity contribution in [1.29, 1.82) is 0 Å². The first-order valence-corrected chi connectivity index (χ1v) is 7.40. The van der Waals surface area contributed by atoms with Crippen LogP contribution in [-0.2, 0) is 6.42 Å². The number of nitrogens with one attached hydrogen (secondary N) is 2. The average molecular weight is 307 g/mol. The van der Waals surface area contributed by atoms with E-state index in [2.05, 4.69) is 29.4 Å². The van der Waals surface area contributed by atoms with Gasteiger partial charge in [-0.05, 0) is 48.4 Å². The Kier molecular flexibility index (Phi) is 4.21. The molecule has 0 bridgehead atoms. The molecule has 23 heavy (non-hydrogen) atoms. The molecule has 0 saturated carbocycles. The number of carbonyl (C=O) groups excluding carboxylic acids is 1. The molecule has 116 valence electrons. The van der Waals surface area contributed by atoms with Crippen LogP contribution in [-0.4, -0.2) is 16.1 Å². The summed E-state index contributed by atoms with van der Waals surface area (Å²) in [6.45, 7) is 2.12. The number of hydrogen-bond donors (Lipinski definition) is 3. The van der Waals surface area contributed by atoms with E-state index < -0.39 is 5.91 Å². The minimum atomic E-state index is -0.576. The first-order chi connectivity index (χ1) is 11.2. The van der Waals surface area contributed by atoms with Crippen molar-refractivity contribution >= 4 is 28.2 Å². The van der Waals surface area contributed by atoms with Crippen LogP contribution in [0.5, 0.6) is 0 Å². The summed E-state index contributed by atoms with van der Waals surface area (Å²) in [4.78, 5) is 15.7. The Labute approximate surface area is 133 Å². The Hall–Kier alpha value is -2.92. The van der Waals surface area contributed by atoms with E-state index in [1.54, 1.807) is 11.5 Å². The second kappa shape index (κ2) is 6.46. The molecule has 1 heterocycles. The quantitative estimate of drug-likeness (QED) is 0.508. The molecular formula is C18H17N3O2. The molecule has 0 aliphatic carbocycles. The lowest BCUT2D eigenvalue weighted by Gasteiger charge is -2.09. The van der Waals surface area contributed by atoms with Gasteiger partial charge in [-0.3, -0.25) is 15.0 Å². The Morgan fingerprint density at radius 1 is 1.09 bits per heavy atom. The maximum atomic E-state index is 11.5. The zero-order chi connectivity index (χ0) is 16.2. The highest BCUT2D eigenvalue weighted by Gasteiger charge is 2.06. The fourth-order valence-electron chi connectivity index (χ4n) is 2.39. The van der Waals surface area contributed by atoms with Gasteiger partial charge in [-0.25, -0.2) is 5.48 Å². The van der Waals surface area contributed by atoms with Gasteiger partial charge in [-0.15, -0.1) is 0 Å². The van der Waals surface area contributed by atoms with Crippen LogP contribution < -0.4 is 10.8 Å². The van der Waals surface area contributed by atoms with Crippen molar-refractivity contribution in [3.63, 3.8) is 0 Å². The summed E-state index contributed by atoms with van der Waals surface area (Å²) in [5.41, 5.74) is 5.91. The van der Waals surface area contributed by atoms with Crippen molar-refractivity contribution in [2.45, 2.75) is 13.3 Å². The molecule has 0 spiro atoms. The van der Waals surface area contributed by atoms with Gasteiger partial charge in [0.25, 0.3) is 5.91 Å². The Bertz CT molecular complexity index is 845. The molecule has 1 aromatic heterocycles. The molecule has 3 rings (SSSR count). The maximum Gasteiger partial charge on any atom is 0.276 e. The third kappa shape index (κ3) is 3.30. The Morgan fingerprint density at radius 2 is 1.83 bits per heavy atom. The summed E-state index contributed by atoms with van der Waals surface area (Å²) >= 11 is 0. The molecule has 0 unspecified atom stereocenters. The van der Waals surface area contributed by atoms with E-state index in [4.69, 9.17) is 5.21 Å². The molecule has 1 amide bonds. The van der Waals surface area contributed by atoms with E-state index in [1.807, 2.05) is 30.3 Å². The third-order valence-corrected chi connectivity index (χ3v) is 3.70. The van der Waals surface area contributed by atoms with Gasteiger partial charge >= 0.3 is 0 Å². The monoisotopic (exact) mass is 307 g/mol. The summed E-state index contributed by atoms with van der Waals surface area (Å²) in [5, 5.41) is 12.9. The van der Waals surface area contributed by atoms with Crippen molar-refractivity contribution < 1.29 is 10.0 Å². The number of rotatable bonds is 4. The van der Waals surface area contributed by atoms with Gasteiger partial charge in [-0.1, -0.05) is 19.1 Å². The fraction of sp³-hybridized carbons (Fsp3) is 0.111. The van der Waals surface area contributed by atoms with E-state index >= 15 is 0 Å². The number of aryl methyl sites for hydroxylation is 1. The zero-order valence-corrected chi connectivity index (χ0v) is 12.7. The van der Waals surface area contributed by atoms with E-state index in [0.29, 0.717) is 5.56 Å². The molecule has 3 aromatic rings. The van der Waals surface area contributed by atoms with Crippen molar-refractivity contribution in [2.24, 2.45) is 0 Å². The van der Waals surface area contributed by atoms with Gasteiger partial charge in [0.2, 0.25) is 0 Å². The highest BCUT2D eigenvalue weighted by molar-refractivity contribution is 5.97. The predicted molar refractivity (Wildman–Crippen MR) is 90.1 cm³/mol. The molecule has 5 heteroatoms. The summed E-state index contributed by atoms with van der Waals surface area (Å²) in [6, 6.07) is 15.7. The van der Waals surface area contributed by atoms with Crippen molar-refractivity contribution in [1.82, 2.24) is 10.5 Å². The Morgan fingerprint density at radius 3 is 2.52 bits per heavy atom. The topological polar surface area (TPSA) is 74.2 Å². The molecule has 0 fully saturated rings. The van der Waals surface area contributed by atoms with Crippen LogP contribution in [0.1, 0.15) is 22.8 Å². The minimum absolute atomic E-state index is 0.310. The molecule has 2 aromatic carbocycles. The van der Waals surface area contributed by atoms with Gasteiger partial charge in [0.1, 0.15) is 0 Å². The van der Waals surface area contributed by atoms with Crippen molar-refractivity contribution in [3.8, 4) is 0 Å². The number of hydroxylamine groups is 1. The fourth-order valence-corrected chi connectivity index (χ4v) is 2.39. The molecule has 0 aliphatic rings. The summed E-state index contributed by atoms with van der Waals surface area (Å²) in [6.07, 6.45) is 2.45. The van der Waals surface area contributed by atoms with Gasteiger partial charge in [0.15, 0.2) is 0 Å². The number of pyridine rings is 1. The Balaban J connectivity index is 1.89. The number of carbonyl (C=O) groups is 1. The zero-order valence-electron chi connectivity index (χ0n) is 12.7. The van der Waals surface area contributed by atoms with Crippen LogP contribution in [0, 0.1) is 0 Å². The van der Waals surface area contributed by atoms with Crippen LogP contribution in [0.3, 0.4) is 0 Å². The minimum Gasteiger partial charge on any atom is -0.356 e. The number of fused-ring (bicyclic) bond motifs is 1. The SMILES string of the molecule is CCc1ccc(Nc2ccc3ncc(C(=O)NO)cc3c2)cc1. The second-order valence-electron chi connectivity index (χ2n) is 5.25. The van der Waals surface area contributed by atoms with Crippen molar-refractivity contribution in [2.75, 3.05) is 5.32 Å². The molecule has 0 radical (unpaired) electrons. The molecule has 0 saturated heterocycles. The van der Waals surface area contributed by atoms with E-state index in [9.17, 15) is 4.79 Å². The highest BCUT2D eigenvalue weighted by Crippen LogP contribution is 2.22. The maximum absolute atomic E-state index is 11.5. The van der Waals surface area contributed by atoms with Gasteiger partial charge in [0, 0.05) is 23.0 Å². The van der Waals surface area contributed by atoms with Gasteiger partial charge in [0.05, 0.1) is 11.1 Å². The highest BCUT2D eigenvalue weighted by atomic mass is 16.5. The van der Waals surface area contributed by atoms with Crippen LogP contribution >= 0.6 is 0 Å². The first kappa shape index (κ1) is 15.0. The van der Waals surface area contributed by atoms with Crippen LogP contribution in [0.25, 0.3) is 10.9 Å². The standard InChI is InChI=1S/C18H17N3O2/c1-2-12-3-5-15(6-4-12)20-16-7-8-17-13(10-16)9-14(11-19-17)18(22)21-23/h3-11,20,23H,2H2,1H3,(H,21,22). The first-order valence-electron chi connectivity index (χ1n) is 7.40. The number of amides is 1. The second-order valence-corrected chi connectivity index (χ2v) is 5.25. The van der Waals surface area contributed by atoms with E-state index in [1.165, 1.54) is 11.8 Å². The van der Waals surface area contributed by atoms with Crippen LogP contribution in [0.4, 0.5) is 11.4 Å². The molecule has 3 N–H and O–H groups in total. The lowest BCUT2D eigenvalue weighted by atomic mass is 10.1. The summed E-state index contributed by atoms with van der Waals surface area (Å²) in [7, 11) is 0. The number of benzene rings is 2. The molecule has 0 aliphatic heterocycles. The van der Waals surface area contributed by atoms with Crippen LogP contribution in [0.15, 0.2) is 54.7 Å². The predicted octanol–water partition coefficient (Wildman–Crippen LogP) is 3.66. The molecule has 5 nitrogen and oxygen atoms in total. The lowest BCUT2D eigenvalue weighted by Crippen LogP contribution is -2.18. The number of hydrogen-bond acceptors (Lipinski definition) is 4. The smallest absolute Gasteiger partial charge is 0.276 e.